The van der Waals surface area contributed by atoms with E-state index in [0.717, 1.165) is 19.0 Å². The predicted octanol–water partition coefficient (Wildman–Crippen LogP) is 5.04. The number of anilines is 1. The second-order valence-corrected chi connectivity index (χ2v) is 7.40. The van der Waals surface area contributed by atoms with Gasteiger partial charge in [-0.3, -0.25) is 0 Å². The Labute approximate surface area is 132 Å². The number of thiophene rings is 1. The molecular weight excluding hydrogens is 399 g/mol. The Kier molecular flexibility index (Phi) is 5.09. The van der Waals surface area contributed by atoms with Gasteiger partial charge in [-0.15, -0.1) is 11.3 Å². The molecule has 0 saturated heterocycles. The molecule has 18 heavy (non-hydrogen) atoms. The maximum absolute atomic E-state index is 5.86. The molecule has 1 heterocycles. The summed E-state index contributed by atoms with van der Waals surface area (Å²) in [5.41, 5.74) is 6.84. The summed E-state index contributed by atoms with van der Waals surface area (Å²) >= 11 is 14.5. The van der Waals surface area contributed by atoms with Crippen molar-refractivity contribution in [3.05, 3.63) is 48.5 Å². The van der Waals surface area contributed by atoms with Crippen LogP contribution in [-0.4, -0.2) is 6.54 Å². The van der Waals surface area contributed by atoms with Gasteiger partial charge in [0.05, 0.1) is 9.83 Å². The van der Waals surface area contributed by atoms with E-state index in [1.165, 1.54) is 4.88 Å². The normalized spacial score (nSPS) is 12.4. The molecule has 2 nitrogen and oxygen atoms in total. The van der Waals surface area contributed by atoms with E-state index < -0.39 is 0 Å². The highest BCUT2D eigenvalue weighted by Gasteiger charge is 2.14. The fourth-order valence-electron chi connectivity index (χ4n) is 1.53. The van der Waals surface area contributed by atoms with Gasteiger partial charge in [-0.1, -0.05) is 11.6 Å². The van der Waals surface area contributed by atoms with E-state index in [9.17, 15) is 0 Å². The van der Waals surface area contributed by atoms with Gasteiger partial charge in [0, 0.05) is 26.6 Å². The summed E-state index contributed by atoms with van der Waals surface area (Å²) in [6.07, 6.45) is 0. The topological polar surface area (TPSA) is 38.0 Å². The summed E-state index contributed by atoms with van der Waals surface area (Å²) in [4.78, 5) is 1.19. The first kappa shape index (κ1) is 14.3. The molecule has 0 radical (unpaired) electrons. The first-order valence-electron chi connectivity index (χ1n) is 5.27. The second-order valence-electron chi connectivity index (χ2n) is 3.71. The Balaban J connectivity index is 2.16. The Bertz CT molecular complexity index is 508. The van der Waals surface area contributed by atoms with Gasteiger partial charge in [-0.25, -0.2) is 0 Å². The summed E-state index contributed by atoms with van der Waals surface area (Å²) in [5.74, 6) is 0. The van der Waals surface area contributed by atoms with Crippen molar-refractivity contribution in [2.75, 3.05) is 11.9 Å². The van der Waals surface area contributed by atoms with Gasteiger partial charge in [-0.05, 0) is 62.2 Å². The highest BCUT2D eigenvalue weighted by Crippen LogP contribution is 2.36. The number of rotatable bonds is 4. The van der Waals surface area contributed by atoms with Crippen LogP contribution in [0.2, 0.25) is 5.02 Å². The van der Waals surface area contributed by atoms with E-state index >= 15 is 0 Å². The molecule has 2 aromatic rings. The van der Waals surface area contributed by atoms with Crippen LogP contribution in [-0.2, 0) is 0 Å². The van der Waals surface area contributed by atoms with E-state index in [0.29, 0.717) is 6.54 Å². The third-order valence-electron chi connectivity index (χ3n) is 2.43. The van der Waals surface area contributed by atoms with Crippen LogP contribution in [0.15, 0.2) is 38.6 Å². The lowest BCUT2D eigenvalue weighted by Crippen LogP contribution is -2.19. The van der Waals surface area contributed by atoms with Crippen LogP contribution in [0.3, 0.4) is 0 Å². The summed E-state index contributed by atoms with van der Waals surface area (Å²) < 4.78 is 2.13. The van der Waals surface area contributed by atoms with E-state index in [1.807, 2.05) is 24.3 Å². The Morgan fingerprint density at radius 3 is 2.44 bits per heavy atom. The van der Waals surface area contributed by atoms with Crippen molar-refractivity contribution in [2.24, 2.45) is 5.73 Å². The molecule has 1 unspecified atom stereocenters. The van der Waals surface area contributed by atoms with Gasteiger partial charge >= 0.3 is 0 Å². The van der Waals surface area contributed by atoms with Crippen molar-refractivity contribution in [3.8, 4) is 0 Å². The van der Waals surface area contributed by atoms with E-state index in [1.54, 1.807) is 11.3 Å². The zero-order chi connectivity index (χ0) is 13.1. The Hall–Kier alpha value is -0.0700. The molecule has 1 atom stereocenters. The zero-order valence-electron chi connectivity index (χ0n) is 9.29. The molecule has 1 aromatic heterocycles. The van der Waals surface area contributed by atoms with Crippen LogP contribution in [0.5, 0.6) is 0 Å². The third-order valence-corrected chi connectivity index (χ3v) is 6.05. The van der Waals surface area contributed by atoms with Crippen molar-refractivity contribution in [1.29, 1.82) is 0 Å². The maximum atomic E-state index is 5.86. The van der Waals surface area contributed by atoms with E-state index in [-0.39, 0.29) is 6.04 Å². The lowest BCUT2D eigenvalue weighted by Gasteiger charge is -2.16. The smallest absolute Gasteiger partial charge is 0.0844 e. The van der Waals surface area contributed by atoms with E-state index in [4.69, 9.17) is 17.3 Å². The SMILES string of the molecule is NCC(Nc1ccc(Cl)cc1)c1cc(Br)c(Br)s1. The molecule has 0 aliphatic rings. The third kappa shape index (κ3) is 3.48. The summed E-state index contributed by atoms with van der Waals surface area (Å²) in [6, 6.07) is 9.79. The summed E-state index contributed by atoms with van der Waals surface area (Å²) in [7, 11) is 0. The molecule has 96 valence electrons. The molecule has 0 aliphatic heterocycles. The number of halogens is 3. The van der Waals surface area contributed by atoms with Crippen LogP contribution in [0.4, 0.5) is 5.69 Å². The standard InChI is InChI=1S/C12H11Br2ClN2S/c13-9-5-11(18-12(9)14)10(6-16)17-8-3-1-7(15)2-4-8/h1-5,10,17H,6,16H2. The fourth-order valence-corrected chi connectivity index (χ4v) is 3.81. The minimum absolute atomic E-state index is 0.0961. The van der Waals surface area contributed by atoms with Gasteiger partial charge < -0.3 is 11.1 Å². The molecule has 6 heteroatoms. The first-order chi connectivity index (χ1) is 8.60. The van der Waals surface area contributed by atoms with Gasteiger partial charge in [-0.2, -0.15) is 0 Å². The number of hydrogen-bond donors (Lipinski definition) is 2. The van der Waals surface area contributed by atoms with Crippen LogP contribution in [0.1, 0.15) is 10.9 Å². The van der Waals surface area contributed by atoms with Gasteiger partial charge in [0.25, 0.3) is 0 Å². The average molecular weight is 411 g/mol. The average Bonchev–Trinajstić information content (AvgIpc) is 2.69. The number of hydrogen-bond acceptors (Lipinski definition) is 3. The number of nitrogens with two attached hydrogens (primary N) is 1. The molecular formula is C12H11Br2ClN2S. The molecule has 0 saturated carbocycles. The first-order valence-corrected chi connectivity index (χ1v) is 8.05. The predicted molar refractivity (Wildman–Crippen MR) is 86.6 cm³/mol. The minimum atomic E-state index is 0.0961. The molecule has 0 fully saturated rings. The quantitative estimate of drug-likeness (QED) is 0.741. The monoisotopic (exact) mass is 408 g/mol. The van der Waals surface area contributed by atoms with Gasteiger partial charge in [0.2, 0.25) is 0 Å². The van der Waals surface area contributed by atoms with Gasteiger partial charge in [0.15, 0.2) is 0 Å². The van der Waals surface area contributed by atoms with Crippen LogP contribution < -0.4 is 11.1 Å². The molecule has 0 bridgehead atoms. The van der Waals surface area contributed by atoms with Gasteiger partial charge in [0.1, 0.15) is 0 Å². The van der Waals surface area contributed by atoms with E-state index in [2.05, 4.69) is 43.2 Å². The Morgan fingerprint density at radius 1 is 1.28 bits per heavy atom. The Morgan fingerprint density at radius 2 is 1.94 bits per heavy atom. The van der Waals surface area contributed by atoms with Crippen molar-refractivity contribution in [1.82, 2.24) is 0 Å². The summed E-state index contributed by atoms with van der Waals surface area (Å²) in [6.45, 7) is 0.530. The van der Waals surface area contributed by atoms with Crippen molar-refractivity contribution in [2.45, 2.75) is 6.04 Å². The highest BCUT2D eigenvalue weighted by atomic mass is 79.9. The second kappa shape index (κ2) is 6.39. The molecule has 2 rings (SSSR count). The molecule has 0 spiro atoms. The number of nitrogens with one attached hydrogen (secondary N) is 1. The lowest BCUT2D eigenvalue weighted by molar-refractivity contribution is 0.805. The highest BCUT2D eigenvalue weighted by molar-refractivity contribution is 9.13. The lowest BCUT2D eigenvalue weighted by atomic mass is 10.2. The maximum Gasteiger partial charge on any atom is 0.0844 e. The molecule has 0 amide bonds. The summed E-state index contributed by atoms with van der Waals surface area (Å²) in [5, 5.41) is 4.13. The molecule has 3 N–H and O–H groups in total. The van der Waals surface area contributed by atoms with Crippen LogP contribution >= 0.6 is 54.8 Å². The molecule has 1 aromatic carbocycles. The minimum Gasteiger partial charge on any atom is -0.376 e. The molecule has 0 aliphatic carbocycles. The van der Waals surface area contributed by atoms with Crippen molar-refractivity contribution < 1.29 is 0 Å². The van der Waals surface area contributed by atoms with Crippen molar-refractivity contribution in [3.63, 3.8) is 0 Å². The zero-order valence-corrected chi connectivity index (χ0v) is 14.0. The fraction of sp³-hybridized carbons (Fsp3) is 0.167. The van der Waals surface area contributed by atoms with Crippen LogP contribution in [0, 0.1) is 0 Å². The van der Waals surface area contributed by atoms with Crippen LogP contribution in [0.25, 0.3) is 0 Å². The van der Waals surface area contributed by atoms with Crippen molar-refractivity contribution >= 4 is 60.5 Å². The largest absolute Gasteiger partial charge is 0.376 e. The number of benzene rings is 1.